The number of ether oxygens (including phenoxy) is 2. The molecule has 0 amide bonds. The monoisotopic (exact) mass is 336 g/mol. The second kappa shape index (κ2) is 12.4. The molecule has 0 aliphatic carbocycles. The molecule has 1 aromatic carbocycles. The lowest BCUT2D eigenvalue weighted by Gasteiger charge is -2.15. The summed E-state index contributed by atoms with van der Waals surface area (Å²) in [6.07, 6.45) is 5.49. The van der Waals surface area contributed by atoms with Crippen molar-refractivity contribution < 1.29 is 24.2 Å². The number of carbonyl (C=O) groups is 2. The molecule has 0 fully saturated rings. The Hall–Kier alpha value is -2.04. The molecule has 1 atom stereocenters. The summed E-state index contributed by atoms with van der Waals surface area (Å²) in [6, 6.07) is 9.79. The molecule has 5 nitrogen and oxygen atoms in total. The van der Waals surface area contributed by atoms with Gasteiger partial charge in [0.1, 0.15) is 0 Å². The molecule has 0 bridgehead atoms. The minimum Gasteiger partial charge on any atom is -0.466 e. The summed E-state index contributed by atoms with van der Waals surface area (Å²) in [5.74, 6) is -0.329. The van der Waals surface area contributed by atoms with Gasteiger partial charge in [-0.2, -0.15) is 0 Å². The quantitative estimate of drug-likeness (QED) is 0.440. The van der Waals surface area contributed by atoms with Gasteiger partial charge in [0.05, 0.1) is 19.1 Å². The van der Waals surface area contributed by atoms with Crippen molar-refractivity contribution in [1.29, 1.82) is 0 Å². The van der Waals surface area contributed by atoms with Crippen molar-refractivity contribution in [2.24, 2.45) is 0 Å². The van der Waals surface area contributed by atoms with Crippen molar-refractivity contribution in [3.8, 4) is 0 Å². The highest BCUT2D eigenvalue weighted by Crippen LogP contribution is 2.24. The van der Waals surface area contributed by atoms with Crippen LogP contribution in [-0.2, 0) is 14.3 Å². The van der Waals surface area contributed by atoms with Gasteiger partial charge in [-0.15, -0.1) is 0 Å². The van der Waals surface area contributed by atoms with Crippen LogP contribution in [0.5, 0.6) is 0 Å². The van der Waals surface area contributed by atoms with Crippen molar-refractivity contribution in [2.45, 2.75) is 57.8 Å². The predicted octanol–water partition coefficient (Wildman–Crippen LogP) is 4.76. The molecule has 0 aliphatic rings. The summed E-state index contributed by atoms with van der Waals surface area (Å²) in [6.45, 7) is 2.50. The molecule has 134 valence electrons. The molecule has 0 saturated carbocycles. The van der Waals surface area contributed by atoms with E-state index in [0.717, 1.165) is 50.5 Å². The van der Waals surface area contributed by atoms with Gasteiger partial charge in [-0.25, -0.2) is 4.79 Å². The number of esters is 1. The molecule has 24 heavy (non-hydrogen) atoms. The fourth-order valence-corrected chi connectivity index (χ4v) is 2.67. The summed E-state index contributed by atoms with van der Waals surface area (Å²) in [5, 5.41) is 8.36. The highest BCUT2D eigenvalue weighted by atomic mass is 16.7. The van der Waals surface area contributed by atoms with E-state index in [2.05, 4.69) is 4.74 Å². The molecular formula is C19H28O5. The van der Waals surface area contributed by atoms with Gasteiger partial charge in [0, 0.05) is 0 Å². The first-order chi connectivity index (χ1) is 11.6. The zero-order valence-corrected chi connectivity index (χ0v) is 14.4. The Morgan fingerprint density at radius 3 is 2.21 bits per heavy atom. The Labute approximate surface area is 144 Å². The average molecular weight is 336 g/mol. The Kier molecular flexibility index (Phi) is 10.3. The van der Waals surface area contributed by atoms with Gasteiger partial charge >= 0.3 is 12.1 Å². The number of carboxylic acid groups (broad SMARTS) is 1. The summed E-state index contributed by atoms with van der Waals surface area (Å²) >= 11 is 0. The van der Waals surface area contributed by atoms with Crippen molar-refractivity contribution in [2.75, 3.05) is 13.2 Å². The fourth-order valence-electron chi connectivity index (χ4n) is 2.67. The van der Waals surface area contributed by atoms with Crippen LogP contribution < -0.4 is 0 Å². The van der Waals surface area contributed by atoms with Crippen molar-refractivity contribution in [3.05, 3.63) is 35.9 Å². The summed E-state index contributed by atoms with van der Waals surface area (Å²) < 4.78 is 9.66. The first-order valence-electron chi connectivity index (χ1n) is 8.72. The summed E-state index contributed by atoms with van der Waals surface area (Å²) in [7, 11) is 0. The maximum Gasteiger partial charge on any atom is 0.505 e. The second-order valence-electron chi connectivity index (χ2n) is 5.74. The van der Waals surface area contributed by atoms with Gasteiger partial charge in [0.25, 0.3) is 0 Å². The smallest absolute Gasteiger partial charge is 0.466 e. The molecule has 0 aliphatic heterocycles. The molecule has 0 heterocycles. The lowest BCUT2D eigenvalue weighted by molar-refractivity contribution is -0.145. The number of unbranched alkanes of at least 4 members (excludes halogenated alkanes) is 5. The maximum atomic E-state index is 12.2. The number of hydrogen-bond acceptors (Lipinski definition) is 4. The number of benzene rings is 1. The fraction of sp³-hybridized carbons (Fsp3) is 0.579. The third kappa shape index (κ3) is 8.56. The number of hydrogen-bond donors (Lipinski definition) is 1. The first-order valence-corrected chi connectivity index (χ1v) is 8.72. The van der Waals surface area contributed by atoms with Crippen LogP contribution >= 0.6 is 0 Å². The third-order valence-electron chi connectivity index (χ3n) is 3.89. The lowest BCUT2D eigenvalue weighted by atomic mass is 9.93. The SMILES string of the molecule is CCOC(=O)C(CCCCCCCCOC(=O)O)c1ccccc1. The molecule has 1 rings (SSSR count). The zero-order chi connectivity index (χ0) is 17.6. The van der Waals surface area contributed by atoms with E-state index in [1.807, 2.05) is 37.3 Å². The molecule has 5 heteroatoms. The van der Waals surface area contributed by atoms with Crippen molar-refractivity contribution in [1.82, 2.24) is 0 Å². The van der Waals surface area contributed by atoms with E-state index in [1.54, 1.807) is 0 Å². The molecule has 1 N–H and O–H groups in total. The third-order valence-corrected chi connectivity index (χ3v) is 3.89. The molecule has 0 saturated heterocycles. The van der Waals surface area contributed by atoms with E-state index in [4.69, 9.17) is 9.84 Å². The van der Waals surface area contributed by atoms with E-state index in [9.17, 15) is 9.59 Å². The largest absolute Gasteiger partial charge is 0.505 e. The Balaban J connectivity index is 2.23. The van der Waals surface area contributed by atoms with Crippen molar-refractivity contribution in [3.63, 3.8) is 0 Å². The van der Waals surface area contributed by atoms with Crippen LogP contribution in [0.25, 0.3) is 0 Å². The van der Waals surface area contributed by atoms with E-state index in [-0.39, 0.29) is 18.5 Å². The van der Waals surface area contributed by atoms with E-state index in [1.165, 1.54) is 0 Å². The molecule has 0 spiro atoms. The van der Waals surface area contributed by atoms with Crippen LogP contribution in [0.4, 0.5) is 4.79 Å². The number of carbonyl (C=O) groups excluding carboxylic acids is 1. The normalized spacial score (nSPS) is 11.7. The second-order valence-corrected chi connectivity index (χ2v) is 5.74. The van der Waals surface area contributed by atoms with Gasteiger partial charge in [0.2, 0.25) is 0 Å². The van der Waals surface area contributed by atoms with Crippen molar-refractivity contribution >= 4 is 12.1 Å². The van der Waals surface area contributed by atoms with Gasteiger partial charge in [-0.1, -0.05) is 62.4 Å². The van der Waals surface area contributed by atoms with Crippen LogP contribution in [0, 0.1) is 0 Å². The highest BCUT2D eigenvalue weighted by molar-refractivity contribution is 5.78. The minimum absolute atomic E-state index is 0.144. The van der Waals surface area contributed by atoms with Gasteiger partial charge in [0.15, 0.2) is 0 Å². The molecular weight excluding hydrogens is 308 g/mol. The van der Waals surface area contributed by atoms with Crippen LogP contribution in [0.1, 0.15) is 63.4 Å². The van der Waals surface area contributed by atoms with E-state index < -0.39 is 6.16 Å². The van der Waals surface area contributed by atoms with Gasteiger partial charge in [-0.05, 0) is 25.3 Å². The van der Waals surface area contributed by atoms with E-state index >= 15 is 0 Å². The Bertz CT molecular complexity index is 472. The summed E-state index contributed by atoms with van der Waals surface area (Å²) in [5.41, 5.74) is 1.02. The van der Waals surface area contributed by atoms with E-state index in [0.29, 0.717) is 6.61 Å². The predicted molar refractivity (Wildman–Crippen MR) is 92.1 cm³/mol. The van der Waals surface area contributed by atoms with Crippen LogP contribution in [0.2, 0.25) is 0 Å². The first kappa shape index (κ1) is 20.0. The topological polar surface area (TPSA) is 72.8 Å². The summed E-state index contributed by atoms with van der Waals surface area (Å²) in [4.78, 5) is 22.3. The standard InChI is InChI=1S/C19H28O5/c1-2-23-18(20)17(16-12-8-7-9-13-16)14-10-5-3-4-6-11-15-24-19(21)22/h7-9,12-13,17H,2-6,10-11,14-15H2,1H3,(H,21,22). The molecule has 0 aromatic heterocycles. The molecule has 1 aromatic rings. The molecule has 0 radical (unpaired) electrons. The lowest BCUT2D eigenvalue weighted by Crippen LogP contribution is -2.16. The number of rotatable bonds is 12. The minimum atomic E-state index is -1.21. The average Bonchev–Trinajstić information content (AvgIpc) is 2.57. The molecule has 1 unspecified atom stereocenters. The maximum absolute atomic E-state index is 12.2. The van der Waals surface area contributed by atoms with Gasteiger partial charge < -0.3 is 14.6 Å². The van der Waals surface area contributed by atoms with Crippen LogP contribution in [0.15, 0.2) is 30.3 Å². The zero-order valence-electron chi connectivity index (χ0n) is 14.4. The van der Waals surface area contributed by atoms with Crippen LogP contribution in [-0.4, -0.2) is 30.4 Å². The van der Waals surface area contributed by atoms with Crippen LogP contribution in [0.3, 0.4) is 0 Å². The Morgan fingerprint density at radius 1 is 0.958 bits per heavy atom. The van der Waals surface area contributed by atoms with Gasteiger partial charge in [-0.3, -0.25) is 4.79 Å². The Morgan fingerprint density at radius 2 is 1.58 bits per heavy atom. The highest BCUT2D eigenvalue weighted by Gasteiger charge is 2.21.